The van der Waals surface area contributed by atoms with Gasteiger partial charge in [-0.15, -0.1) is 0 Å². The van der Waals surface area contributed by atoms with Crippen molar-refractivity contribution in [2.75, 3.05) is 20.2 Å². The van der Waals surface area contributed by atoms with Crippen LogP contribution in [-0.4, -0.2) is 32.4 Å². The summed E-state index contributed by atoms with van der Waals surface area (Å²) in [6.07, 6.45) is 1.85. The molecule has 0 radical (unpaired) electrons. The monoisotopic (exact) mass is 437 g/mol. The van der Waals surface area contributed by atoms with Crippen molar-refractivity contribution < 1.29 is 14.3 Å². The first-order valence-electron chi connectivity index (χ1n) is 10.5. The van der Waals surface area contributed by atoms with Crippen molar-refractivity contribution in [3.63, 3.8) is 0 Å². The van der Waals surface area contributed by atoms with Gasteiger partial charge in [0.25, 0.3) is 0 Å². The van der Waals surface area contributed by atoms with Crippen LogP contribution in [0.5, 0.6) is 5.75 Å². The second-order valence-corrected chi connectivity index (χ2v) is 8.62. The molecule has 1 atom stereocenters. The Labute approximate surface area is 185 Å². The number of hydrogen-bond donors (Lipinski definition) is 3. The highest BCUT2D eigenvalue weighted by Gasteiger charge is 2.23. The number of nitrogens with one attached hydrogen (secondary N) is 3. The van der Waals surface area contributed by atoms with E-state index in [1.807, 2.05) is 46.8 Å². The third kappa shape index (κ3) is 8.36. The molecule has 0 aliphatic heterocycles. The molecular formula is C23H36ClN3O3. The lowest BCUT2D eigenvalue weighted by atomic mass is 9.88. The van der Waals surface area contributed by atoms with E-state index in [4.69, 9.17) is 16.3 Å². The number of benzene rings is 1. The minimum Gasteiger partial charge on any atom is -0.494 e. The zero-order chi connectivity index (χ0) is 22.7. The van der Waals surface area contributed by atoms with E-state index in [0.29, 0.717) is 36.7 Å². The number of aldehydes is 1. The number of rotatable bonds is 13. The van der Waals surface area contributed by atoms with Gasteiger partial charge in [0.2, 0.25) is 5.91 Å². The van der Waals surface area contributed by atoms with Crippen LogP contribution in [0, 0.1) is 11.3 Å². The van der Waals surface area contributed by atoms with Gasteiger partial charge in [0, 0.05) is 42.8 Å². The largest absolute Gasteiger partial charge is 0.494 e. The molecule has 30 heavy (non-hydrogen) atoms. The lowest BCUT2D eigenvalue weighted by Gasteiger charge is -2.25. The molecular weight excluding hydrogens is 402 g/mol. The molecule has 0 saturated heterocycles. The zero-order valence-corrected chi connectivity index (χ0v) is 19.8. The molecule has 0 spiro atoms. The van der Waals surface area contributed by atoms with Gasteiger partial charge in [-0.1, -0.05) is 39.3 Å². The highest BCUT2D eigenvalue weighted by Crippen LogP contribution is 2.24. The van der Waals surface area contributed by atoms with E-state index in [9.17, 15) is 9.59 Å². The summed E-state index contributed by atoms with van der Waals surface area (Å²) in [5.74, 6) is 0.774. The number of amides is 1. The Kier molecular flexibility index (Phi) is 10.9. The summed E-state index contributed by atoms with van der Waals surface area (Å²) in [6, 6.07) is 5.56. The third-order valence-corrected chi connectivity index (χ3v) is 5.17. The molecule has 1 unspecified atom stereocenters. The van der Waals surface area contributed by atoms with Crippen molar-refractivity contribution in [3.8, 4) is 5.75 Å². The average molecular weight is 438 g/mol. The predicted octanol–water partition coefficient (Wildman–Crippen LogP) is 4.04. The van der Waals surface area contributed by atoms with Gasteiger partial charge in [0.1, 0.15) is 11.4 Å². The quantitative estimate of drug-likeness (QED) is 0.320. The summed E-state index contributed by atoms with van der Waals surface area (Å²) in [5.41, 5.74) is 1.73. The van der Waals surface area contributed by atoms with Crippen molar-refractivity contribution in [1.29, 1.82) is 0 Å². The van der Waals surface area contributed by atoms with Crippen LogP contribution >= 0.6 is 11.6 Å². The molecule has 0 aromatic heterocycles. The first-order chi connectivity index (χ1) is 14.2. The van der Waals surface area contributed by atoms with Crippen molar-refractivity contribution in [2.24, 2.45) is 11.3 Å². The molecule has 1 aromatic carbocycles. The van der Waals surface area contributed by atoms with Crippen LogP contribution in [-0.2, 0) is 16.1 Å². The highest BCUT2D eigenvalue weighted by molar-refractivity contribution is 6.30. The fraction of sp³-hybridized carbons (Fsp3) is 0.565. The van der Waals surface area contributed by atoms with Gasteiger partial charge in [0.05, 0.1) is 6.61 Å². The molecule has 1 rings (SSSR count). The summed E-state index contributed by atoms with van der Waals surface area (Å²) < 4.78 is 5.65. The molecule has 0 fully saturated rings. The van der Waals surface area contributed by atoms with Crippen molar-refractivity contribution in [2.45, 2.75) is 54.0 Å². The zero-order valence-electron chi connectivity index (χ0n) is 19.0. The molecule has 1 amide bonds. The summed E-state index contributed by atoms with van der Waals surface area (Å²) in [6.45, 7) is 11.8. The van der Waals surface area contributed by atoms with Gasteiger partial charge < -0.3 is 20.7 Å². The lowest BCUT2D eigenvalue weighted by Crippen LogP contribution is -2.36. The van der Waals surface area contributed by atoms with Crippen LogP contribution in [0.1, 0.15) is 53.0 Å². The Morgan fingerprint density at radius 1 is 1.30 bits per heavy atom. The van der Waals surface area contributed by atoms with Gasteiger partial charge in [-0.2, -0.15) is 0 Å². The summed E-state index contributed by atoms with van der Waals surface area (Å²) in [7, 11) is 1.76. The maximum absolute atomic E-state index is 12.6. The highest BCUT2D eigenvalue weighted by atomic mass is 35.5. The molecule has 0 bridgehead atoms. The number of allylic oxidation sites excluding steroid dienone is 2. The second-order valence-electron chi connectivity index (χ2n) is 8.18. The first-order valence-corrected chi connectivity index (χ1v) is 10.8. The molecule has 0 aliphatic carbocycles. The van der Waals surface area contributed by atoms with Crippen molar-refractivity contribution in [1.82, 2.24) is 16.0 Å². The van der Waals surface area contributed by atoms with Crippen LogP contribution in [0.2, 0.25) is 5.02 Å². The van der Waals surface area contributed by atoms with Crippen LogP contribution in [0.4, 0.5) is 0 Å². The Hall–Kier alpha value is -2.05. The topological polar surface area (TPSA) is 79.5 Å². The molecule has 6 nitrogen and oxygen atoms in total. The summed E-state index contributed by atoms with van der Waals surface area (Å²) in [5, 5.41) is 9.86. The van der Waals surface area contributed by atoms with E-state index < -0.39 is 0 Å². The number of carbonyl (C=O) groups is 2. The number of halogens is 1. The minimum atomic E-state index is -0.307. The van der Waals surface area contributed by atoms with Gasteiger partial charge in [-0.25, -0.2) is 0 Å². The number of ether oxygens (including phenoxy) is 1. The Balaban J connectivity index is 2.71. The summed E-state index contributed by atoms with van der Waals surface area (Å²) in [4.78, 5) is 24.1. The SMILES string of the molecule is CCOc1ccc(Cl)cc1CNCC(C)(C)CC(=O)N/C(C=O)=C(/NC)C(C)CC. The van der Waals surface area contributed by atoms with Crippen molar-refractivity contribution >= 4 is 23.8 Å². The Bertz CT molecular complexity index is 747. The van der Waals surface area contributed by atoms with Gasteiger partial charge in [0.15, 0.2) is 6.29 Å². The average Bonchev–Trinajstić information content (AvgIpc) is 2.68. The fourth-order valence-corrected chi connectivity index (χ4v) is 3.42. The normalized spacial score (nSPS) is 13.3. The molecule has 1 aromatic rings. The molecule has 0 saturated carbocycles. The molecule has 7 heteroatoms. The fourth-order valence-electron chi connectivity index (χ4n) is 3.22. The maximum Gasteiger partial charge on any atom is 0.225 e. The number of carbonyl (C=O) groups excluding carboxylic acids is 2. The van der Waals surface area contributed by atoms with E-state index in [2.05, 4.69) is 16.0 Å². The van der Waals surface area contributed by atoms with E-state index in [1.165, 1.54) is 0 Å². The van der Waals surface area contributed by atoms with E-state index >= 15 is 0 Å². The second kappa shape index (κ2) is 12.6. The lowest BCUT2D eigenvalue weighted by molar-refractivity contribution is -0.123. The van der Waals surface area contributed by atoms with Crippen LogP contribution in [0.3, 0.4) is 0 Å². The standard InChI is InChI=1S/C23H36ClN3O3/c1-7-16(3)22(25-6)19(14-28)27-21(29)12-23(4,5)15-26-13-17-11-18(24)9-10-20(17)30-8-2/h9-11,14,16,25-26H,7-8,12-13,15H2,1-6H3,(H,27,29)/b22-19+. The van der Waals surface area contributed by atoms with Crippen molar-refractivity contribution in [3.05, 3.63) is 40.2 Å². The maximum atomic E-state index is 12.6. The smallest absolute Gasteiger partial charge is 0.225 e. The van der Waals surface area contributed by atoms with Crippen LogP contribution in [0.15, 0.2) is 29.6 Å². The molecule has 0 aliphatic rings. The van der Waals surface area contributed by atoms with Gasteiger partial charge in [-0.05, 0) is 42.9 Å². The molecule has 168 valence electrons. The van der Waals surface area contributed by atoms with E-state index in [1.54, 1.807) is 13.1 Å². The predicted molar refractivity (Wildman–Crippen MR) is 122 cm³/mol. The Morgan fingerprint density at radius 2 is 2.00 bits per heavy atom. The van der Waals surface area contributed by atoms with Crippen LogP contribution < -0.4 is 20.7 Å². The summed E-state index contributed by atoms with van der Waals surface area (Å²) >= 11 is 6.11. The van der Waals surface area contributed by atoms with E-state index in [0.717, 1.165) is 23.4 Å². The van der Waals surface area contributed by atoms with Crippen LogP contribution in [0.25, 0.3) is 0 Å². The minimum absolute atomic E-state index is 0.155. The molecule has 0 heterocycles. The number of hydrogen-bond acceptors (Lipinski definition) is 5. The van der Waals surface area contributed by atoms with Gasteiger partial charge in [-0.3, -0.25) is 9.59 Å². The Morgan fingerprint density at radius 3 is 2.57 bits per heavy atom. The third-order valence-electron chi connectivity index (χ3n) is 4.94. The van der Waals surface area contributed by atoms with Gasteiger partial charge >= 0.3 is 0 Å². The van der Waals surface area contributed by atoms with E-state index in [-0.39, 0.29) is 23.7 Å². The molecule has 3 N–H and O–H groups in total. The first kappa shape index (κ1) is 26.0.